The number of nitrogens with one attached hydrogen (secondary N) is 1. The fourth-order valence-electron chi connectivity index (χ4n) is 1.70. The first kappa shape index (κ1) is 9.70. The average molecular weight is 210 g/mol. The molecule has 0 aromatic rings. The zero-order valence-electron chi connectivity index (χ0n) is 8.10. The van der Waals surface area contributed by atoms with Crippen LogP contribution in [0.5, 0.6) is 0 Å². The molecule has 2 aliphatic rings. The Hall–Kier alpha value is -1.85. The standard InChI is InChI=1S/C9H10N2O4/c1-2-6-8(12)7-9(15-6)5(11(13)14)3-4-10-7/h3-4,6-7,10H,2H2,1H3. The fourth-order valence-corrected chi connectivity index (χ4v) is 1.70. The van der Waals surface area contributed by atoms with Crippen molar-refractivity contribution in [2.75, 3.05) is 0 Å². The van der Waals surface area contributed by atoms with Crippen LogP contribution < -0.4 is 5.32 Å². The highest BCUT2D eigenvalue weighted by Crippen LogP contribution is 2.28. The highest BCUT2D eigenvalue weighted by molar-refractivity contribution is 5.93. The lowest BCUT2D eigenvalue weighted by molar-refractivity contribution is -0.422. The van der Waals surface area contributed by atoms with E-state index in [0.717, 1.165) is 0 Å². The van der Waals surface area contributed by atoms with Crippen LogP contribution in [0.1, 0.15) is 13.3 Å². The van der Waals surface area contributed by atoms with E-state index < -0.39 is 17.1 Å². The number of carbonyl (C=O) groups is 1. The zero-order valence-corrected chi connectivity index (χ0v) is 8.10. The Labute approximate surface area is 85.7 Å². The molecule has 0 saturated carbocycles. The van der Waals surface area contributed by atoms with E-state index >= 15 is 0 Å². The van der Waals surface area contributed by atoms with Crippen molar-refractivity contribution in [3.05, 3.63) is 33.8 Å². The van der Waals surface area contributed by atoms with Crippen molar-refractivity contribution in [1.29, 1.82) is 0 Å². The largest absolute Gasteiger partial charge is 0.477 e. The molecule has 0 amide bonds. The topological polar surface area (TPSA) is 81.5 Å². The molecule has 0 bridgehead atoms. The van der Waals surface area contributed by atoms with Gasteiger partial charge in [-0.2, -0.15) is 0 Å². The summed E-state index contributed by atoms with van der Waals surface area (Å²) in [7, 11) is 0. The number of nitrogens with zero attached hydrogens (tertiary/aromatic N) is 1. The van der Waals surface area contributed by atoms with Gasteiger partial charge in [0.2, 0.25) is 11.5 Å². The summed E-state index contributed by atoms with van der Waals surface area (Å²) in [6.45, 7) is 1.81. The molecule has 2 aliphatic heterocycles. The van der Waals surface area contributed by atoms with E-state index in [1.807, 2.05) is 0 Å². The summed E-state index contributed by atoms with van der Waals surface area (Å²) >= 11 is 0. The molecule has 2 heterocycles. The lowest BCUT2D eigenvalue weighted by Gasteiger charge is -2.11. The second kappa shape index (κ2) is 3.38. The summed E-state index contributed by atoms with van der Waals surface area (Å²) in [5.41, 5.74) is -0.136. The second-order valence-electron chi connectivity index (χ2n) is 3.36. The second-order valence-corrected chi connectivity index (χ2v) is 3.36. The number of allylic oxidation sites excluding steroid dienone is 1. The van der Waals surface area contributed by atoms with Gasteiger partial charge in [-0.25, -0.2) is 0 Å². The van der Waals surface area contributed by atoms with Crippen LogP contribution in [0, 0.1) is 10.1 Å². The van der Waals surface area contributed by atoms with Crippen LogP contribution in [0.2, 0.25) is 0 Å². The summed E-state index contributed by atoms with van der Waals surface area (Å²) in [6.07, 6.45) is 2.67. The van der Waals surface area contributed by atoms with Crippen LogP contribution in [0.25, 0.3) is 0 Å². The number of ether oxygens (including phenoxy) is 1. The van der Waals surface area contributed by atoms with Gasteiger partial charge in [-0.3, -0.25) is 14.9 Å². The molecule has 6 nitrogen and oxygen atoms in total. The predicted molar refractivity (Wildman–Crippen MR) is 50.3 cm³/mol. The number of hydrogen-bond acceptors (Lipinski definition) is 5. The third-order valence-electron chi connectivity index (χ3n) is 2.46. The number of rotatable bonds is 2. The SMILES string of the molecule is CCC1OC2=C([N+](=O)[O-])C=CNC2C1=O. The number of Topliss-reactive ketones (excluding diaryl/α,β-unsaturated/α-hetero) is 1. The molecule has 0 aliphatic carbocycles. The minimum absolute atomic E-state index is 0.136. The van der Waals surface area contributed by atoms with E-state index in [1.165, 1.54) is 12.3 Å². The van der Waals surface area contributed by atoms with Crippen molar-refractivity contribution in [2.24, 2.45) is 0 Å². The Morgan fingerprint density at radius 1 is 1.67 bits per heavy atom. The highest BCUT2D eigenvalue weighted by atomic mass is 16.6. The summed E-state index contributed by atoms with van der Waals surface area (Å²) in [6, 6.07) is -0.680. The summed E-state index contributed by atoms with van der Waals surface area (Å²) in [4.78, 5) is 21.8. The van der Waals surface area contributed by atoms with Crippen LogP contribution >= 0.6 is 0 Å². The Morgan fingerprint density at radius 3 is 3.00 bits per heavy atom. The minimum Gasteiger partial charge on any atom is -0.477 e. The Bertz CT molecular complexity index is 386. The molecule has 1 fully saturated rings. The van der Waals surface area contributed by atoms with Crippen LogP contribution in [0.3, 0.4) is 0 Å². The molecular formula is C9H10N2O4. The molecule has 0 spiro atoms. The summed E-state index contributed by atoms with van der Waals surface area (Å²) < 4.78 is 5.28. The normalized spacial score (nSPS) is 28.5. The van der Waals surface area contributed by atoms with Crippen molar-refractivity contribution < 1.29 is 14.5 Å². The van der Waals surface area contributed by atoms with Gasteiger partial charge in [-0.15, -0.1) is 0 Å². The third-order valence-corrected chi connectivity index (χ3v) is 2.46. The molecule has 6 heteroatoms. The molecule has 2 unspecified atom stereocenters. The van der Waals surface area contributed by atoms with Crippen LogP contribution in [0.4, 0.5) is 0 Å². The zero-order chi connectivity index (χ0) is 11.0. The van der Waals surface area contributed by atoms with Crippen molar-refractivity contribution >= 4 is 5.78 Å². The van der Waals surface area contributed by atoms with Crippen molar-refractivity contribution in [3.8, 4) is 0 Å². The number of dihydropyridines is 1. The third kappa shape index (κ3) is 1.38. The number of ketones is 1. The number of carbonyl (C=O) groups excluding carboxylic acids is 1. The molecular weight excluding hydrogens is 200 g/mol. The van der Waals surface area contributed by atoms with Crippen LogP contribution in [-0.4, -0.2) is 22.9 Å². The van der Waals surface area contributed by atoms with Gasteiger partial charge in [0, 0.05) is 12.3 Å². The molecule has 0 aromatic heterocycles. The number of fused-ring (bicyclic) bond motifs is 1. The Kier molecular flexibility index (Phi) is 2.18. The molecule has 2 atom stereocenters. The summed E-state index contributed by atoms with van der Waals surface area (Å²) in [5, 5.41) is 13.4. The number of hydrogen-bond donors (Lipinski definition) is 1. The van der Waals surface area contributed by atoms with Gasteiger partial charge in [-0.1, -0.05) is 6.92 Å². The monoisotopic (exact) mass is 210 g/mol. The van der Waals surface area contributed by atoms with E-state index in [1.54, 1.807) is 6.92 Å². The van der Waals surface area contributed by atoms with E-state index in [-0.39, 0.29) is 17.2 Å². The number of nitro groups is 1. The molecule has 1 saturated heterocycles. The maximum atomic E-state index is 11.7. The Morgan fingerprint density at radius 2 is 2.40 bits per heavy atom. The maximum absolute atomic E-state index is 11.7. The average Bonchev–Trinajstić information content (AvgIpc) is 2.55. The predicted octanol–water partition coefficient (Wildman–Crippen LogP) is 0.338. The lowest BCUT2D eigenvalue weighted by atomic mass is 10.1. The van der Waals surface area contributed by atoms with E-state index in [9.17, 15) is 14.9 Å². The Balaban J connectivity index is 2.39. The molecule has 15 heavy (non-hydrogen) atoms. The minimum atomic E-state index is -0.680. The molecule has 0 radical (unpaired) electrons. The molecule has 2 rings (SSSR count). The first-order chi connectivity index (χ1) is 7.15. The first-order valence-electron chi connectivity index (χ1n) is 4.66. The van der Waals surface area contributed by atoms with Crippen molar-refractivity contribution in [3.63, 3.8) is 0 Å². The van der Waals surface area contributed by atoms with Gasteiger partial charge in [0.1, 0.15) is 0 Å². The van der Waals surface area contributed by atoms with Crippen molar-refractivity contribution in [1.82, 2.24) is 5.32 Å². The van der Waals surface area contributed by atoms with Gasteiger partial charge in [0.25, 0.3) is 0 Å². The molecule has 80 valence electrons. The van der Waals surface area contributed by atoms with E-state index in [2.05, 4.69) is 5.32 Å². The fraction of sp³-hybridized carbons (Fsp3) is 0.444. The highest BCUT2D eigenvalue weighted by Gasteiger charge is 2.44. The van der Waals surface area contributed by atoms with Gasteiger partial charge < -0.3 is 10.1 Å². The van der Waals surface area contributed by atoms with Gasteiger partial charge in [-0.05, 0) is 6.42 Å². The maximum Gasteiger partial charge on any atom is 0.310 e. The van der Waals surface area contributed by atoms with Gasteiger partial charge >= 0.3 is 5.70 Å². The quantitative estimate of drug-likeness (QED) is 0.525. The van der Waals surface area contributed by atoms with Gasteiger partial charge in [0.05, 0.1) is 4.92 Å². The molecule has 1 N–H and O–H groups in total. The van der Waals surface area contributed by atoms with E-state index in [0.29, 0.717) is 6.42 Å². The summed E-state index contributed by atoms with van der Waals surface area (Å²) in [5.74, 6) is -0.00412. The lowest BCUT2D eigenvalue weighted by Crippen LogP contribution is -2.35. The molecule has 0 aromatic carbocycles. The van der Waals surface area contributed by atoms with Crippen molar-refractivity contribution in [2.45, 2.75) is 25.5 Å². The first-order valence-corrected chi connectivity index (χ1v) is 4.66. The smallest absolute Gasteiger partial charge is 0.310 e. The van der Waals surface area contributed by atoms with Gasteiger partial charge in [0.15, 0.2) is 12.1 Å². The van der Waals surface area contributed by atoms with Crippen LogP contribution in [-0.2, 0) is 9.53 Å². The van der Waals surface area contributed by atoms with Crippen LogP contribution in [0.15, 0.2) is 23.7 Å². The van der Waals surface area contributed by atoms with E-state index in [4.69, 9.17) is 4.74 Å².